The Kier molecular flexibility index (Phi) is 3.33. The highest BCUT2D eigenvalue weighted by atomic mass is 16.5. The molecule has 1 aliphatic carbocycles. The van der Waals surface area contributed by atoms with Gasteiger partial charge in [0.05, 0.1) is 26.1 Å². The molecule has 3 heterocycles. The summed E-state index contributed by atoms with van der Waals surface area (Å²) >= 11 is 0. The predicted molar refractivity (Wildman–Crippen MR) is 84.1 cm³/mol. The van der Waals surface area contributed by atoms with E-state index >= 15 is 0 Å². The van der Waals surface area contributed by atoms with Crippen LogP contribution in [0.5, 0.6) is 11.8 Å². The lowest BCUT2D eigenvalue weighted by atomic mass is 10.1. The number of H-pyrrole nitrogens is 1. The summed E-state index contributed by atoms with van der Waals surface area (Å²) in [5.74, 6) is 1.28. The Hall–Kier alpha value is -3.10. The minimum atomic E-state index is -0.408. The Labute approximate surface area is 136 Å². The molecule has 9 nitrogen and oxygen atoms in total. The van der Waals surface area contributed by atoms with Crippen molar-refractivity contribution in [2.45, 2.75) is 18.8 Å². The fraction of sp³-hybridized carbons (Fsp3) is 0.333. The second-order valence-corrected chi connectivity index (χ2v) is 5.42. The minimum Gasteiger partial charge on any atom is -0.480 e. The van der Waals surface area contributed by atoms with Gasteiger partial charge in [-0.3, -0.25) is 4.79 Å². The molecule has 1 aliphatic rings. The van der Waals surface area contributed by atoms with Crippen LogP contribution in [0.2, 0.25) is 0 Å². The first-order valence-electron chi connectivity index (χ1n) is 7.41. The average molecular weight is 326 g/mol. The molecule has 0 radical (unpaired) electrons. The van der Waals surface area contributed by atoms with Crippen LogP contribution in [0.15, 0.2) is 17.3 Å². The number of rotatable bonds is 4. The van der Waals surface area contributed by atoms with Gasteiger partial charge in [0.25, 0.3) is 5.56 Å². The third-order valence-corrected chi connectivity index (χ3v) is 3.84. The molecule has 0 aromatic carbocycles. The standard InChI is InChI=1S/C15H14N6O3/c1-23-8-5-16-13-11(19-8)14(22)21-12(20-13)9-10(7-3-4-7)17-6-18-15(9)24-2/h5-7H,3-4H2,1-2H3,(H,16,20,21,22). The van der Waals surface area contributed by atoms with Crippen LogP contribution in [0.25, 0.3) is 22.6 Å². The van der Waals surface area contributed by atoms with Crippen LogP contribution in [-0.2, 0) is 0 Å². The van der Waals surface area contributed by atoms with Crippen molar-refractivity contribution in [3.63, 3.8) is 0 Å². The largest absolute Gasteiger partial charge is 0.480 e. The number of methoxy groups -OCH3 is 2. The molecule has 9 heteroatoms. The van der Waals surface area contributed by atoms with Gasteiger partial charge in [0, 0.05) is 5.92 Å². The summed E-state index contributed by atoms with van der Waals surface area (Å²) in [6.07, 6.45) is 4.96. The normalized spacial score (nSPS) is 13.9. The first-order chi connectivity index (χ1) is 11.7. The van der Waals surface area contributed by atoms with Gasteiger partial charge in [-0.2, -0.15) is 0 Å². The summed E-state index contributed by atoms with van der Waals surface area (Å²) in [5, 5.41) is 0. The lowest BCUT2D eigenvalue weighted by Gasteiger charge is -2.11. The van der Waals surface area contributed by atoms with Gasteiger partial charge in [0.2, 0.25) is 11.8 Å². The van der Waals surface area contributed by atoms with E-state index in [0.29, 0.717) is 23.2 Å². The summed E-state index contributed by atoms with van der Waals surface area (Å²) in [6, 6.07) is 0. The van der Waals surface area contributed by atoms with E-state index in [2.05, 4.69) is 29.9 Å². The summed E-state index contributed by atoms with van der Waals surface area (Å²) in [4.78, 5) is 36.3. The number of ether oxygens (including phenoxy) is 2. The van der Waals surface area contributed by atoms with Crippen molar-refractivity contribution in [1.82, 2.24) is 29.9 Å². The maximum absolute atomic E-state index is 12.4. The summed E-state index contributed by atoms with van der Waals surface area (Å²) in [5.41, 5.74) is 1.35. The first kappa shape index (κ1) is 14.5. The monoisotopic (exact) mass is 326 g/mol. The van der Waals surface area contributed by atoms with Gasteiger partial charge in [-0.25, -0.2) is 24.9 Å². The van der Waals surface area contributed by atoms with Gasteiger partial charge in [-0.05, 0) is 12.8 Å². The van der Waals surface area contributed by atoms with Gasteiger partial charge >= 0.3 is 0 Å². The number of aromatic nitrogens is 6. The van der Waals surface area contributed by atoms with E-state index in [0.717, 1.165) is 18.5 Å². The molecule has 0 amide bonds. The topological polar surface area (TPSA) is 116 Å². The van der Waals surface area contributed by atoms with E-state index in [4.69, 9.17) is 9.47 Å². The van der Waals surface area contributed by atoms with Crippen LogP contribution in [0.3, 0.4) is 0 Å². The lowest BCUT2D eigenvalue weighted by Crippen LogP contribution is -2.14. The smallest absolute Gasteiger partial charge is 0.279 e. The molecule has 0 unspecified atom stereocenters. The van der Waals surface area contributed by atoms with Crippen molar-refractivity contribution in [2.75, 3.05) is 14.2 Å². The third kappa shape index (κ3) is 2.34. The molecule has 1 N–H and O–H groups in total. The Morgan fingerprint density at radius 2 is 1.96 bits per heavy atom. The number of aromatic amines is 1. The van der Waals surface area contributed by atoms with Crippen molar-refractivity contribution in [2.24, 2.45) is 0 Å². The Morgan fingerprint density at radius 1 is 1.12 bits per heavy atom. The van der Waals surface area contributed by atoms with Gasteiger partial charge < -0.3 is 14.5 Å². The molecule has 3 aromatic heterocycles. The van der Waals surface area contributed by atoms with E-state index in [1.54, 1.807) is 0 Å². The fourth-order valence-electron chi connectivity index (χ4n) is 2.54. The van der Waals surface area contributed by atoms with Crippen LogP contribution in [0.4, 0.5) is 0 Å². The number of nitrogens with zero attached hydrogens (tertiary/aromatic N) is 5. The van der Waals surface area contributed by atoms with E-state index in [-0.39, 0.29) is 17.0 Å². The zero-order chi connectivity index (χ0) is 16.7. The molecule has 0 spiro atoms. The first-order valence-corrected chi connectivity index (χ1v) is 7.41. The van der Waals surface area contributed by atoms with Crippen molar-refractivity contribution in [3.8, 4) is 23.1 Å². The Bertz CT molecular complexity index is 983. The lowest BCUT2D eigenvalue weighted by molar-refractivity contribution is 0.397. The highest BCUT2D eigenvalue weighted by Gasteiger charge is 2.31. The maximum atomic E-state index is 12.4. The van der Waals surface area contributed by atoms with E-state index < -0.39 is 5.56 Å². The van der Waals surface area contributed by atoms with E-state index in [1.165, 1.54) is 26.7 Å². The number of hydrogen-bond donors (Lipinski definition) is 1. The zero-order valence-corrected chi connectivity index (χ0v) is 13.1. The van der Waals surface area contributed by atoms with Crippen LogP contribution in [-0.4, -0.2) is 44.1 Å². The molecule has 1 saturated carbocycles. The second-order valence-electron chi connectivity index (χ2n) is 5.42. The summed E-state index contributed by atoms with van der Waals surface area (Å²) in [6.45, 7) is 0. The van der Waals surface area contributed by atoms with Crippen molar-refractivity contribution in [3.05, 3.63) is 28.6 Å². The second kappa shape index (κ2) is 5.52. The van der Waals surface area contributed by atoms with Gasteiger partial charge in [0.15, 0.2) is 11.2 Å². The molecule has 122 valence electrons. The maximum Gasteiger partial charge on any atom is 0.279 e. The van der Waals surface area contributed by atoms with Crippen LogP contribution in [0.1, 0.15) is 24.5 Å². The molecule has 0 aliphatic heterocycles. The molecule has 3 aromatic rings. The number of fused-ring (bicyclic) bond motifs is 1. The van der Waals surface area contributed by atoms with Gasteiger partial charge in [-0.1, -0.05) is 0 Å². The molecule has 0 atom stereocenters. The molecule has 0 bridgehead atoms. The Balaban J connectivity index is 1.96. The average Bonchev–Trinajstić information content (AvgIpc) is 3.45. The zero-order valence-electron chi connectivity index (χ0n) is 13.1. The van der Waals surface area contributed by atoms with E-state index in [9.17, 15) is 4.79 Å². The fourth-order valence-corrected chi connectivity index (χ4v) is 2.54. The SMILES string of the molecule is COc1cnc2nc(-c3c(OC)ncnc3C3CC3)[nH]c(=O)c2n1. The van der Waals surface area contributed by atoms with Gasteiger partial charge in [0.1, 0.15) is 17.7 Å². The van der Waals surface area contributed by atoms with Crippen LogP contribution >= 0.6 is 0 Å². The Morgan fingerprint density at radius 3 is 2.67 bits per heavy atom. The quantitative estimate of drug-likeness (QED) is 0.756. The van der Waals surface area contributed by atoms with Crippen molar-refractivity contribution >= 4 is 11.2 Å². The summed E-state index contributed by atoms with van der Waals surface area (Å²) < 4.78 is 10.3. The predicted octanol–water partition coefficient (Wildman–Crippen LogP) is 1.06. The molecular formula is C15H14N6O3. The summed E-state index contributed by atoms with van der Waals surface area (Å²) in [7, 11) is 2.98. The van der Waals surface area contributed by atoms with E-state index in [1.807, 2.05) is 0 Å². The molecule has 4 rings (SSSR count). The van der Waals surface area contributed by atoms with Crippen molar-refractivity contribution < 1.29 is 9.47 Å². The van der Waals surface area contributed by atoms with Crippen LogP contribution < -0.4 is 15.0 Å². The minimum absolute atomic E-state index is 0.113. The van der Waals surface area contributed by atoms with Gasteiger partial charge in [-0.15, -0.1) is 0 Å². The number of hydrogen-bond acceptors (Lipinski definition) is 8. The molecule has 0 saturated heterocycles. The molecular weight excluding hydrogens is 312 g/mol. The number of nitrogens with one attached hydrogen (secondary N) is 1. The highest BCUT2D eigenvalue weighted by molar-refractivity contribution is 5.74. The molecule has 1 fully saturated rings. The van der Waals surface area contributed by atoms with Crippen molar-refractivity contribution in [1.29, 1.82) is 0 Å². The third-order valence-electron chi connectivity index (χ3n) is 3.84. The molecule has 24 heavy (non-hydrogen) atoms. The highest BCUT2D eigenvalue weighted by Crippen LogP contribution is 2.44. The van der Waals surface area contributed by atoms with Crippen LogP contribution in [0, 0.1) is 0 Å².